The van der Waals surface area contributed by atoms with E-state index in [0.29, 0.717) is 18.3 Å². The van der Waals surface area contributed by atoms with Gasteiger partial charge in [-0.3, -0.25) is 4.79 Å². The van der Waals surface area contributed by atoms with Crippen molar-refractivity contribution in [2.75, 3.05) is 19.6 Å². The first-order chi connectivity index (χ1) is 14.3. The van der Waals surface area contributed by atoms with Crippen LogP contribution in [0.1, 0.15) is 52.8 Å². The number of hydrogen-bond acceptors (Lipinski definition) is 4. The number of piperidine rings is 1. The van der Waals surface area contributed by atoms with Crippen LogP contribution in [0.2, 0.25) is 0 Å². The molecule has 4 rings (SSSR count). The maximum absolute atomic E-state index is 12.6. The molecule has 1 fully saturated rings. The zero-order chi connectivity index (χ0) is 19.9. The number of nitrogens with one attached hydrogen (secondary N) is 2. The van der Waals surface area contributed by atoms with Gasteiger partial charge in [0.2, 0.25) is 0 Å². The third kappa shape index (κ3) is 4.90. The zero-order valence-electron chi connectivity index (χ0n) is 16.5. The Morgan fingerprint density at radius 2 is 1.66 bits per heavy atom. The number of aromatic nitrogens is 3. The molecule has 0 saturated carbocycles. The molecular weight excluding hydrogens is 362 g/mol. The fraction of sp³-hybridized carbons (Fsp3) is 0.348. The molecule has 6 nitrogen and oxygen atoms in total. The van der Waals surface area contributed by atoms with E-state index in [-0.39, 0.29) is 11.8 Å². The van der Waals surface area contributed by atoms with Gasteiger partial charge in [0.05, 0.1) is 12.2 Å². The lowest BCUT2D eigenvalue weighted by atomic mass is 9.88. The van der Waals surface area contributed by atoms with Crippen molar-refractivity contribution in [2.45, 2.75) is 31.2 Å². The van der Waals surface area contributed by atoms with E-state index in [1.807, 2.05) is 16.8 Å². The maximum Gasteiger partial charge on any atom is 0.273 e. The molecule has 1 saturated heterocycles. The summed E-state index contributed by atoms with van der Waals surface area (Å²) in [5.41, 5.74) is 2.90. The minimum absolute atomic E-state index is 0.162. The molecule has 0 atom stereocenters. The Bertz CT molecular complexity index is 864. The highest BCUT2D eigenvalue weighted by atomic mass is 16.2. The van der Waals surface area contributed by atoms with Gasteiger partial charge in [-0.05, 0) is 43.5 Å². The summed E-state index contributed by atoms with van der Waals surface area (Å²) in [4.78, 5) is 12.6. The molecule has 1 aromatic heterocycles. The molecule has 150 valence electrons. The van der Waals surface area contributed by atoms with Crippen molar-refractivity contribution in [3.05, 3.63) is 83.7 Å². The standard InChI is InChI=1S/C23H27N5O/c29-23(22-17-28(27-26-22)20-11-14-24-15-12-20)25-16-13-21(18-7-3-1-4-8-18)19-9-5-2-6-10-19/h1-10,17,20-21,24H,11-16H2,(H,25,29). The molecule has 6 heteroatoms. The third-order valence-electron chi connectivity index (χ3n) is 5.55. The first kappa shape index (κ1) is 19.3. The number of nitrogens with zero attached hydrogens (tertiary/aromatic N) is 3. The molecule has 3 aromatic rings. The van der Waals surface area contributed by atoms with Gasteiger partial charge in [0.1, 0.15) is 0 Å². The quantitative estimate of drug-likeness (QED) is 0.651. The number of amides is 1. The number of carbonyl (C=O) groups is 1. The second-order valence-electron chi connectivity index (χ2n) is 7.48. The van der Waals surface area contributed by atoms with Crippen molar-refractivity contribution in [1.29, 1.82) is 0 Å². The van der Waals surface area contributed by atoms with Crippen LogP contribution < -0.4 is 10.6 Å². The molecular formula is C23H27N5O. The van der Waals surface area contributed by atoms with E-state index < -0.39 is 0 Å². The third-order valence-corrected chi connectivity index (χ3v) is 5.55. The van der Waals surface area contributed by atoms with Crippen LogP contribution in [0, 0.1) is 0 Å². The molecule has 0 aliphatic carbocycles. The van der Waals surface area contributed by atoms with Crippen LogP contribution in [0.4, 0.5) is 0 Å². The lowest BCUT2D eigenvalue weighted by Gasteiger charge is -2.22. The predicted molar refractivity (Wildman–Crippen MR) is 113 cm³/mol. The van der Waals surface area contributed by atoms with Crippen molar-refractivity contribution in [1.82, 2.24) is 25.6 Å². The summed E-state index contributed by atoms with van der Waals surface area (Å²) in [6, 6.07) is 21.2. The van der Waals surface area contributed by atoms with Crippen molar-refractivity contribution < 1.29 is 4.79 Å². The Hall–Kier alpha value is -2.99. The fourth-order valence-electron chi connectivity index (χ4n) is 3.95. The van der Waals surface area contributed by atoms with Crippen molar-refractivity contribution in [3.8, 4) is 0 Å². The summed E-state index contributed by atoms with van der Waals surface area (Å²) >= 11 is 0. The summed E-state index contributed by atoms with van der Waals surface area (Å²) in [6.45, 7) is 2.53. The zero-order valence-corrected chi connectivity index (χ0v) is 16.5. The second kappa shape index (κ2) is 9.47. The average Bonchev–Trinajstić information content (AvgIpc) is 3.29. The topological polar surface area (TPSA) is 71.8 Å². The lowest BCUT2D eigenvalue weighted by molar-refractivity contribution is 0.0947. The molecule has 2 heterocycles. The van der Waals surface area contributed by atoms with Gasteiger partial charge >= 0.3 is 0 Å². The molecule has 0 bridgehead atoms. The van der Waals surface area contributed by atoms with Crippen LogP contribution in [0.5, 0.6) is 0 Å². The van der Waals surface area contributed by atoms with Crippen LogP contribution in [0.15, 0.2) is 66.9 Å². The Morgan fingerprint density at radius 3 is 2.28 bits per heavy atom. The van der Waals surface area contributed by atoms with Gasteiger partial charge in [0.25, 0.3) is 5.91 Å². The number of carbonyl (C=O) groups excluding carboxylic acids is 1. The highest BCUT2D eigenvalue weighted by Gasteiger charge is 2.19. The molecule has 2 aromatic carbocycles. The fourth-order valence-corrected chi connectivity index (χ4v) is 3.95. The molecule has 2 N–H and O–H groups in total. The molecule has 1 amide bonds. The number of hydrogen-bond donors (Lipinski definition) is 2. The normalized spacial score (nSPS) is 14.8. The minimum Gasteiger partial charge on any atom is -0.351 e. The first-order valence-electron chi connectivity index (χ1n) is 10.3. The minimum atomic E-state index is -0.162. The molecule has 1 aliphatic heterocycles. The van der Waals surface area contributed by atoms with Gasteiger partial charge in [-0.25, -0.2) is 4.68 Å². The average molecular weight is 390 g/mol. The van der Waals surface area contributed by atoms with Crippen LogP contribution >= 0.6 is 0 Å². The van der Waals surface area contributed by atoms with Crippen LogP contribution in [0.3, 0.4) is 0 Å². The summed E-state index contributed by atoms with van der Waals surface area (Å²) < 4.78 is 1.84. The van der Waals surface area contributed by atoms with E-state index in [1.165, 1.54) is 11.1 Å². The highest BCUT2D eigenvalue weighted by molar-refractivity contribution is 5.91. The molecule has 0 unspecified atom stereocenters. The second-order valence-corrected chi connectivity index (χ2v) is 7.48. The van der Waals surface area contributed by atoms with Crippen molar-refractivity contribution in [2.24, 2.45) is 0 Å². The number of benzene rings is 2. The smallest absolute Gasteiger partial charge is 0.273 e. The van der Waals surface area contributed by atoms with Gasteiger partial charge in [-0.1, -0.05) is 65.9 Å². The van der Waals surface area contributed by atoms with Crippen LogP contribution in [-0.2, 0) is 0 Å². The SMILES string of the molecule is O=C(NCCC(c1ccccc1)c1ccccc1)c1cn(C2CCNCC2)nn1. The predicted octanol–water partition coefficient (Wildman–Crippen LogP) is 3.15. The summed E-state index contributed by atoms with van der Waals surface area (Å²) in [6.07, 6.45) is 4.62. The number of rotatable bonds is 7. The Kier molecular flexibility index (Phi) is 6.32. The van der Waals surface area contributed by atoms with Gasteiger partial charge in [0, 0.05) is 12.5 Å². The monoisotopic (exact) mass is 389 g/mol. The Morgan fingerprint density at radius 1 is 1.03 bits per heavy atom. The van der Waals surface area contributed by atoms with E-state index >= 15 is 0 Å². The largest absolute Gasteiger partial charge is 0.351 e. The molecule has 29 heavy (non-hydrogen) atoms. The first-order valence-corrected chi connectivity index (χ1v) is 10.3. The van der Waals surface area contributed by atoms with Crippen molar-refractivity contribution >= 4 is 5.91 Å². The van der Waals surface area contributed by atoms with E-state index in [1.54, 1.807) is 6.20 Å². The summed E-state index contributed by atoms with van der Waals surface area (Å²) in [5, 5.41) is 14.6. The van der Waals surface area contributed by atoms with Gasteiger partial charge in [-0.2, -0.15) is 0 Å². The van der Waals surface area contributed by atoms with Crippen molar-refractivity contribution in [3.63, 3.8) is 0 Å². The molecule has 0 spiro atoms. The van der Waals surface area contributed by atoms with Gasteiger partial charge in [0.15, 0.2) is 5.69 Å². The van der Waals surface area contributed by atoms with E-state index in [2.05, 4.69) is 69.5 Å². The highest BCUT2D eigenvalue weighted by Crippen LogP contribution is 2.27. The Balaban J connectivity index is 1.37. The van der Waals surface area contributed by atoms with E-state index in [9.17, 15) is 4.79 Å². The lowest BCUT2D eigenvalue weighted by Crippen LogP contribution is -2.29. The van der Waals surface area contributed by atoms with Gasteiger partial charge < -0.3 is 10.6 Å². The van der Waals surface area contributed by atoms with E-state index in [4.69, 9.17) is 0 Å². The summed E-state index contributed by atoms with van der Waals surface area (Å²) in [7, 11) is 0. The Labute approximate surface area is 171 Å². The molecule has 0 radical (unpaired) electrons. The van der Waals surface area contributed by atoms with E-state index in [0.717, 1.165) is 32.4 Å². The van der Waals surface area contributed by atoms with Crippen LogP contribution in [0.25, 0.3) is 0 Å². The maximum atomic E-state index is 12.6. The molecule has 1 aliphatic rings. The summed E-state index contributed by atoms with van der Waals surface area (Å²) in [5.74, 6) is 0.0770. The van der Waals surface area contributed by atoms with Gasteiger partial charge in [-0.15, -0.1) is 5.10 Å². The van der Waals surface area contributed by atoms with Crippen LogP contribution in [-0.4, -0.2) is 40.5 Å².